The van der Waals surface area contributed by atoms with E-state index < -0.39 is 6.61 Å². The summed E-state index contributed by atoms with van der Waals surface area (Å²) >= 11 is 0. The van der Waals surface area contributed by atoms with Gasteiger partial charge in [0, 0.05) is 13.1 Å². The number of nitrogens with zero attached hydrogens (tertiary/aromatic N) is 1. The Hall–Kier alpha value is -1.73. The van der Waals surface area contributed by atoms with Gasteiger partial charge in [-0.15, -0.1) is 0 Å². The lowest BCUT2D eigenvalue weighted by molar-refractivity contribution is -0.118. The van der Waals surface area contributed by atoms with E-state index in [1.54, 1.807) is 12.1 Å². The van der Waals surface area contributed by atoms with Crippen molar-refractivity contribution in [2.45, 2.75) is 6.61 Å². The monoisotopic (exact) mass is 286 g/mol. The van der Waals surface area contributed by atoms with Gasteiger partial charge < -0.3 is 14.8 Å². The second-order valence-corrected chi connectivity index (χ2v) is 4.31. The van der Waals surface area contributed by atoms with Crippen LogP contribution in [0.3, 0.4) is 0 Å². The number of hydrogen-bond donors (Lipinski definition) is 1. The van der Waals surface area contributed by atoms with Gasteiger partial charge in [0.05, 0.1) is 25.4 Å². The number of hydrogen-bond acceptors (Lipinski definition) is 4. The van der Waals surface area contributed by atoms with Gasteiger partial charge in [-0.05, 0) is 12.1 Å². The maximum atomic E-state index is 12.3. The maximum Gasteiger partial charge on any atom is 0.387 e. The van der Waals surface area contributed by atoms with Crippen LogP contribution in [0.4, 0.5) is 14.5 Å². The molecule has 0 radical (unpaired) electrons. The molecule has 110 valence electrons. The van der Waals surface area contributed by atoms with Crippen LogP contribution in [0.15, 0.2) is 24.3 Å². The molecule has 1 fully saturated rings. The summed E-state index contributed by atoms with van der Waals surface area (Å²) in [7, 11) is 0. The number of rotatable bonds is 5. The van der Waals surface area contributed by atoms with Crippen molar-refractivity contribution in [3.63, 3.8) is 0 Å². The standard InChI is InChI=1S/C13H16F2N2O3/c14-13(15)20-11-4-2-1-3-10(11)16-12(18)9-17-5-7-19-8-6-17/h1-4,13H,5-9H2,(H,16,18). The molecule has 20 heavy (non-hydrogen) atoms. The van der Waals surface area contributed by atoms with Crippen molar-refractivity contribution in [3.05, 3.63) is 24.3 Å². The molecule has 1 aromatic carbocycles. The van der Waals surface area contributed by atoms with Crippen LogP contribution in [0.5, 0.6) is 5.75 Å². The molecule has 5 nitrogen and oxygen atoms in total. The van der Waals surface area contributed by atoms with E-state index in [0.717, 1.165) is 0 Å². The van der Waals surface area contributed by atoms with Crippen molar-refractivity contribution < 1.29 is 23.0 Å². The third-order valence-electron chi connectivity index (χ3n) is 2.85. The molecule has 0 unspecified atom stereocenters. The number of morpholine rings is 1. The van der Waals surface area contributed by atoms with Crippen LogP contribution in [0.1, 0.15) is 0 Å². The van der Waals surface area contributed by atoms with Crippen LogP contribution in [-0.4, -0.2) is 50.3 Å². The van der Waals surface area contributed by atoms with E-state index >= 15 is 0 Å². The molecule has 0 saturated carbocycles. The van der Waals surface area contributed by atoms with Gasteiger partial charge in [-0.3, -0.25) is 9.69 Å². The van der Waals surface area contributed by atoms with Crippen molar-refractivity contribution in [1.29, 1.82) is 0 Å². The molecule has 0 atom stereocenters. The number of nitrogens with one attached hydrogen (secondary N) is 1. The van der Waals surface area contributed by atoms with Crippen LogP contribution in [0.25, 0.3) is 0 Å². The van der Waals surface area contributed by atoms with Crippen LogP contribution < -0.4 is 10.1 Å². The molecule has 0 bridgehead atoms. The summed E-state index contributed by atoms with van der Waals surface area (Å²) in [6.45, 7) is -0.166. The highest BCUT2D eigenvalue weighted by Crippen LogP contribution is 2.25. The Bertz CT molecular complexity index is 451. The molecule has 1 aliphatic rings. The molecule has 1 aromatic rings. The fraction of sp³-hybridized carbons (Fsp3) is 0.462. The third-order valence-corrected chi connectivity index (χ3v) is 2.85. The van der Waals surface area contributed by atoms with E-state index in [4.69, 9.17) is 4.74 Å². The summed E-state index contributed by atoms with van der Waals surface area (Å²) in [4.78, 5) is 13.8. The average molecular weight is 286 g/mol. The highest BCUT2D eigenvalue weighted by atomic mass is 19.3. The fourth-order valence-corrected chi connectivity index (χ4v) is 1.92. The number of halogens is 2. The van der Waals surface area contributed by atoms with E-state index in [1.807, 2.05) is 4.90 Å². The lowest BCUT2D eigenvalue weighted by Crippen LogP contribution is -2.41. The maximum absolute atomic E-state index is 12.3. The quantitative estimate of drug-likeness (QED) is 0.892. The van der Waals surface area contributed by atoms with E-state index in [-0.39, 0.29) is 23.9 Å². The third kappa shape index (κ3) is 4.43. The van der Waals surface area contributed by atoms with Gasteiger partial charge in [-0.1, -0.05) is 12.1 Å². The SMILES string of the molecule is O=C(CN1CCOCC1)Nc1ccccc1OC(F)F. The minimum absolute atomic E-state index is 0.0437. The van der Waals surface area contributed by atoms with Crippen LogP contribution in [0, 0.1) is 0 Å². The minimum Gasteiger partial charge on any atom is -0.433 e. The summed E-state index contributed by atoms with van der Waals surface area (Å²) < 4.78 is 34.0. The Balaban J connectivity index is 1.93. The Morgan fingerprint density at radius 3 is 2.75 bits per heavy atom. The average Bonchev–Trinajstić information content (AvgIpc) is 2.41. The number of alkyl halides is 2. The van der Waals surface area contributed by atoms with E-state index in [0.29, 0.717) is 26.3 Å². The van der Waals surface area contributed by atoms with Crippen molar-refractivity contribution in [2.24, 2.45) is 0 Å². The van der Waals surface area contributed by atoms with Gasteiger partial charge in [0.1, 0.15) is 5.75 Å². The number of para-hydroxylation sites is 2. The summed E-state index contributed by atoms with van der Waals surface area (Å²) in [5.41, 5.74) is 0.242. The molecule has 0 aliphatic carbocycles. The number of benzene rings is 1. The summed E-state index contributed by atoms with van der Waals surface area (Å²) in [5, 5.41) is 2.58. The van der Waals surface area contributed by atoms with Gasteiger partial charge in [-0.25, -0.2) is 0 Å². The zero-order valence-corrected chi connectivity index (χ0v) is 10.9. The molecule has 1 N–H and O–H groups in total. The Labute approximate surface area is 115 Å². The fourth-order valence-electron chi connectivity index (χ4n) is 1.92. The zero-order valence-electron chi connectivity index (χ0n) is 10.9. The van der Waals surface area contributed by atoms with Gasteiger partial charge in [0.2, 0.25) is 5.91 Å². The highest BCUT2D eigenvalue weighted by Gasteiger charge is 2.16. The number of carbonyl (C=O) groups excluding carboxylic acids is 1. The van der Waals surface area contributed by atoms with Gasteiger partial charge >= 0.3 is 6.61 Å². The van der Waals surface area contributed by atoms with E-state index in [2.05, 4.69) is 10.1 Å². The summed E-state index contributed by atoms with van der Waals surface area (Å²) in [6.07, 6.45) is 0. The molecule has 2 rings (SSSR count). The van der Waals surface area contributed by atoms with Crippen LogP contribution in [0.2, 0.25) is 0 Å². The first-order valence-corrected chi connectivity index (χ1v) is 6.29. The van der Waals surface area contributed by atoms with E-state index in [1.165, 1.54) is 12.1 Å². The zero-order chi connectivity index (χ0) is 14.4. The molecule has 7 heteroatoms. The number of anilines is 1. The number of carbonyl (C=O) groups is 1. The Kier molecular flexibility index (Phi) is 5.25. The normalized spacial score (nSPS) is 16.1. The molecular weight excluding hydrogens is 270 g/mol. The molecule has 0 spiro atoms. The number of ether oxygens (including phenoxy) is 2. The highest BCUT2D eigenvalue weighted by molar-refractivity contribution is 5.93. The minimum atomic E-state index is -2.92. The van der Waals surface area contributed by atoms with Crippen molar-refractivity contribution >= 4 is 11.6 Å². The lowest BCUT2D eigenvalue weighted by atomic mass is 10.3. The first kappa shape index (κ1) is 14.7. The Morgan fingerprint density at radius 2 is 2.05 bits per heavy atom. The summed E-state index contributed by atoms with van der Waals surface area (Å²) in [5.74, 6) is -0.310. The smallest absolute Gasteiger partial charge is 0.387 e. The van der Waals surface area contributed by atoms with Crippen LogP contribution >= 0.6 is 0 Å². The molecular formula is C13H16F2N2O3. The van der Waals surface area contributed by atoms with Gasteiger partial charge in [0.25, 0.3) is 0 Å². The van der Waals surface area contributed by atoms with Crippen molar-refractivity contribution in [1.82, 2.24) is 4.90 Å². The predicted octanol–water partition coefficient (Wildman–Crippen LogP) is 1.56. The van der Waals surface area contributed by atoms with Gasteiger partial charge in [0.15, 0.2) is 0 Å². The van der Waals surface area contributed by atoms with Gasteiger partial charge in [-0.2, -0.15) is 8.78 Å². The number of amides is 1. The largest absolute Gasteiger partial charge is 0.433 e. The predicted molar refractivity (Wildman–Crippen MR) is 69.0 cm³/mol. The summed E-state index contributed by atoms with van der Waals surface area (Å²) in [6, 6.07) is 6.11. The second-order valence-electron chi connectivity index (χ2n) is 4.31. The molecule has 1 heterocycles. The molecule has 0 aromatic heterocycles. The molecule has 1 saturated heterocycles. The first-order chi connectivity index (χ1) is 9.65. The van der Waals surface area contributed by atoms with Crippen molar-refractivity contribution in [3.8, 4) is 5.75 Å². The Morgan fingerprint density at radius 1 is 1.35 bits per heavy atom. The van der Waals surface area contributed by atoms with E-state index in [9.17, 15) is 13.6 Å². The topological polar surface area (TPSA) is 50.8 Å². The molecule has 1 aliphatic heterocycles. The second kappa shape index (κ2) is 7.16. The molecule has 1 amide bonds. The lowest BCUT2D eigenvalue weighted by Gasteiger charge is -2.25. The first-order valence-electron chi connectivity index (χ1n) is 6.29. The van der Waals surface area contributed by atoms with Crippen LogP contribution in [-0.2, 0) is 9.53 Å². The van der Waals surface area contributed by atoms with Crippen molar-refractivity contribution in [2.75, 3.05) is 38.2 Å².